The van der Waals surface area contributed by atoms with Crippen LogP contribution in [0, 0.1) is 0 Å². The molecule has 3 nitrogen and oxygen atoms in total. The zero-order valence-corrected chi connectivity index (χ0v) is 36.1. The third-order valence-electron chi connectivity index (χ3n) is 15.3. The number of hydrogen-bond donors (Lipinski definition) is 0. The van der Waals surface area contributed by atoms with E-state index in [-0.39, 0.29) is 17.7 Å². The van der Waals surface area contributed by atoms with Crippen LogP contribution in [0.4, 0.5) is 45.5 Å². The van der Waals surface area contributed by atoms with E-state index < -0.39 is 0 Å². The first-order chi connectivity index (χ1) is 31.5. The zero-order chi connectivity index (χ0) is 42.6. The molecule has 0 fully saturated rings. The summed E-state index contributed by atoms with van der Waals surface area (Å²) >= 11 is 0. The summed E-state index contributed by atoms with van der Waals surface area (Å²) in [5.41, 5.74) is 22.1. The highest BCUT2D eigenvalue weighted by Gasteiger charge is 2.60. The molecular weight excluding hydrogens is 773 g/mol. The number of rotatable bonds is 5. The molecule has 0 saturated carbocycles. The lowest BCUT2D eigenvalue weighted by molar-refractivity contribution is 0.245. The molecule has 0 radical (unpaired) electrons. The Morgan fingerprint density at radius 3 is 1.67 bits per heavy atom. The molecule has 2 unspecified atom stereocenters. The van der Waals surface area contributed by atoms with Crippen molar-refractivity contribution in [2.75, 3.05) is 14.7 Å². The van der Waals surface area contributed by atoms with Gasteiger partial charge >= 0.3 is 0 Å². The van der Waals surface area contributed by atoms with Crippen molar-refractivity contribution < 1.29 is 0 Å². The fourth-order valence-corrected chi connectivity index (χ4v) is 12.1. The van der Waals surface area contributed by atoms with E-state index in [1.807, 2.05) is 0 Å². The number of benzene rings is 9. The number of hydrogen-bond acceptors (Lipinski definition) is 3. The SMILES string of the molecule is CC12CCc3ccccc3C1(C)N(c1cc3c4c(c1)N(c1cccc(-c5ccccc5)c1)c1cc(-c5ccccc5)ccc1B4c1ccccc1N3c1ccccc1)c1ccccc12. The van der Waals surface area contributed by atoms with E-state index in [0.29, 0.717) is 0 Å². The molecule has 0 spiro atoms. The average Bonchev–Trinajstić information content (AvgIpc) is 3.57. The molecule has 0 N–H and O–H groups in total. The van der Waals surface area contributed by atoms with Gasteiger partial charge in [-0.15, -0.1) is 0 Å². The van der Waals surface area contributed by atoms with Gasteiger partial charge in [0.1, 0.15) is 0 Å². The lowest BCUT2D eigenvalue weighted by Crippen LogP contribution is -2.61. The normalized spacial score (nSPS) is 18.7. The molecule has 13 rings (SSSR count). The first kappa shape index (κ1) is 37.0. The molecule has 0 aromatic heterocycles. The first-order valence-corrected chi connectivity index (χ1v) is 22.8. The van der Waals surface area contributed by atoms with Crippen LogP contribution in [0.5, 0.6) is 0 Å². The maximum absolute atomic E-state index is 2.73. The van der Waals surface area contributed by atoms with E-state index in [9.17, 15) is 0 Å². The average molecular weight is 820 g/mol. The Morgan fingerprint density at radius 2 is 0.938 bits per heavy atom. The summed E-state index contributed by atoms with van der Waals surface area (Å²) < 4.78 is 0. The molecule has 64 heavy (non-hydrogen) atoms. The van der Waals surface area contributed by atoms with E-state index in [4.69, 9.17) is 0 Å². The topological polar surface area (TPSA) is 9.72 Å². The van der Waals surface area contributed by atoms with E-state index in [1.165, 1.54) is 89.5 Å². The summed E-state index contributed by atoms with van der Waals surface area (Å²) in [5, 5.41) is 0. The minimum atomic E-state index is -0.360. The lowest BCUT2D eigenvalue weighted by Gasteiger charge is -2.52. The monoisotopic (exact) mass is 819 g/mol. The lowest BCUT2D eigenvalue weighted by atomic mass is 9.33. The standard InChI is InChI=1S/C60H46BN3/c1-59-36-35-43-23-12-13-28-49(43)60(59,2)64(53-31-16-14-29-50(53)59)48-39-56-58-57(40-48)63(47-27-18-24-44(37-47)41-19-6-3-7-20-41)55-38-45(42-21-8-4-9-22-42)33-34-52(55)61(58)51-30-15-17-32-54(51)62(56)46-25-10-5-11-26-46/h3-34,37-40H,35-36H2,1-2H3. The van der Waals surface area contributed by atoms with Gasteiger partial charge < -0.3 is 14.7 Å². The van der Waals surface area contributed by atoms with E-state index in [1.54, 1.807) is 0 Å². The summed E-state index contributed by atoms with van der Waals surface area (Å²) in [7, 11) is 0. The van der Waals surface area contributed by atoms with E-state index in [2.05, 4.69) is 247 Å². The van der Waals surface area contributed by atoms with Crippen molar-refractivity contribution in [2.24, 2.45) is 0 Å². The fraction of sp³-hybridized carbons (Fsp3) is 0.100. The van der Waals surface area contributed by atoms with Crippen molar-refractivity contribution in [3.63, 3.8) is 0 Å². The van der Waals surface area contributed by atoms with Crippen molar-refractivity contribution >= 4 is 68.6 Å². The highest BCUT2D eigenvalue weighted by Crippen LogP contribution is 2.64. The van der Waals surface area contributed by atoms with Crippen LogP contribution in [0.2, 0.25) is 0 Å². The zero-order valence-electron chi connectivity index (χ0n) is 36.1. The highest BCUT2D eigenvalue weighted by atomic mass is 15.3. The minimum absolute atomic E-state index is 0.00529. The number of para-hydroxylation sites is 3. The molecule has 2 atom stereocenters. The molecule has 3 aliphatic heterocycles. The van der Waals surface area contributed by atoms with Gasteiger partial charge in [0.15, 0.2) is 0 Å². The third kappa shape index (κ3) is 5.17. The highest BCUT2D eigenvalue weighted by molar-refractivity contribution is 7.00. The van der Waals surface area contributed by atoms with Gasteiger partial charge in [0.2, 0.25) is 0 Å². The Bertz CT molecular complexity index is 3290. The molecule has 9 aromatic rings. The summed E-state index contributed by atoms with van der Waals surface area (Å²) in [6.07, 6.45) is 2.14. The Morgan fingerprint density at radius 1 is 0.391 bits per heavy atom. The van der Waals surface area contributed by atoms with Gasteiger partial charge in [0.05, 0.1) is 5.54 Å². The van der Waals surface area contributed by atoms with Crippen LogP contribution in [-0.4, -0.2) is 6.71 Å². The van der Waals surface area contributed by atoms with Crippen LogP contribution in [-0.2, 0) is 17.4 Å². The number of fused-ring (bicyclic) bond motifs is 9. The van der Waals surface area contributed by atoms with Crippen LogP contribution in [0.15, 0.2) is 218 Å². The van der Waals surface area contributed by atoms with Crippen molar-refractivity contribution in [3.8, 4) is 22.3 Å². The Balaban J connectivity index is 1.15. The van der Waals surface area contributed by atoms with E-state index in [0.717, 1.165) is 24.2 Å². The Hall–Kier alpha value is -7.56. The number of nitrogens with zero attached hydrogens (tertiary/aromatic N) is 3. The van der Waals surface area contributed by atoms with Crippen LogP contribution in [0.3, 0.4) is 0 Å². The predicted molar refractivity (Wildman–Crippen MR) is 269 cm³/mol. The van der Waals surface area contributed by atoms with Crippen molar-refractivity contribution in [1.29, 1.82) is 0 Å². The Labute approximate surface area is 376 Å². The van der Waals surface area contributed by atoms with Gasteiger partial charge in [-0.25, -0.2) is 0 Å². The van der Waals surface area contributed by atoms with Gasteiger partial charge in [0.25, 0.3) is 6.71 Å². The second kappa shape index (κ2) is 14.0. The maximum atomic E-state index is 2.73. The third-order valence-corrected chi connectivity index (χ3v) is 15.3. The summed E-state index contributed by atoms with van der Waals surface area (Å²) in [4.78, 5) is 7.85. The number of anilines is 8. The molecule has 0 amide bonds. The van der Waals surface area contributed by atoms with Crippen LogP contribution in [0.25, 0.3) is 22.3 Å². The Kier molecular flexibility index (Phi) is 8.09. The summed E-state index contributed by atoms with van der Waals surface area (Å²) in [6.45, 7) is 5.05. The van der Waals surface area contributed by atoms with Crippen molar-refractivity contribution in [2.45, 2.75) is 37.6 Å². The summed E-state index contributed by atoms with van der Waals surface area (Å²) in [5.74, 6) is 0. The molecular formula is C60H46BN3. The molecule has 3 heterocycles. The van der Waals surface area contributed by atoms with Crippen molar-refractivity contribution in [1.82, 2.24) is 0 Å². The predicted octanol–water partition coefficient (Wildman–Crippen LogP) is 13.4. The molecule has 4 aliphatic rings. The number of aryl methyl sites for hydroxylation is 1. The second-order valence-electron chi connectivity index (χ2n) is 18.4. The van der Waals surface area contributed by atoms with Gasteiger partial charge in [0, 0.05) is 50.9 Å². The summed E-state index contributed by atoms with van der Waals surface area (Å²) in [6, 6.07) is 81.7. The van der Waals surface area contributed by atoms with Gasteiger partial charge in [-0.1, -0.05) is 171 Å². The van der Waals surface area contributed by atoms with Gasteiger partial charge in [-0.2, -0.15) is 0 Å². The fourth-order valence-electron chi connectivity index (χ4n) is 12.1. The smallest absolute Gasteiger partial charge is 0.252 e. The first-order valence-electron chi connectivity index (χ1n) is 22.8. The molecule has 0 bridgehead atoms. The molecule has 9 aromatic carbocycles. The maximum Gasteiger partial charge on any atom is 0.252 e. The van der Waals surface area contributed by atoms with Gasteiger partial charge in [-0.05, 0) is 130 Å². The van der Waals surface area contributed by atoms with Crippen LogP contribution < -0.4 is 31.1 Å². The van der Waals surface area contributed by atoms with E-state index >= 15 is 0 Å². The van der Waals surface area contributed by atoms with Crippen LogP contribution >= 0.6 is 0 Å². The second-order valence-corrected chi connectivity index (χ2v) is 18.4. The van der Waals surface area contributed by atoms with Crippen LogP contribution in [0.1, 0.15) is 37.0 Å². The quantitative estimate of drug-likeness (QED) is 0.160. The van der Waals surface area contributed by atoms with Crippen molar-refractivity contribution in [3.05, 3.63) is 235 Å². The molecule has 4 heteroatoms. The largest absolute Gasteiger partial charge is 0.330 e. The van der Waals surface area contributed by atoms with Gasteiger partial charge in [-0.3, -0.25) is 0 Å². The minimum Gasteiger partial charge on any atom is -0.330 e. The molecule has 1 aliphatic carbocycles. The molecule has 304 valence electrons. The molecule has 0 saturated heterocycles.